The second kappa shape index (κ2) is 9.95. The summed E-state index contributed by atoms with van der Waals surface area (Å²) in [5, 5.41) is 14.0. The quantitative estimate of drug-likeness (QED) is 0.154. The van der Waals surface area contributed by atoms with Crippen molar-refractivity contribution in [1.29, 1.82) is 0 Å². The Kier molecular flexibility index (Phi) is 7.06. The number of hydrogen-bond donors (Lipinski definition) is 2. The first-order valence-electron chi connectivity index (χ1n) is 9.08. The highest BCUT2D eigenvalue weighted by atomic mass is 79.9. The van der Waals surface area contributed by atoms with E-state index in [-0.39, 0.29) is 11.7 Å². The van der Waals surface area contributed by atoms with E-state index in [1.807, 2.05) is 30.3 Å². The van der Waals surface area contributed by atoms with Crippen LogP contribution in [0.3, 0.4) is 0 Å². The van der Waals surface area contributed by atoms with Crippen molar-refractivity contribution in [1.82, 2.24) is 10.4 Å². The van der Waals surface area contributed by atoms with Crippen LogP contribution >= 0.6 is 55.0 Å². The largest absolute Gasteiger partial charge is 0.506 e. The number of hydrogen-bond acceptors (Lipinski definition) is 6. The zero-order valence-corrected chi connectivity index (χ0v) is 20.7. The number of rotatable bonds is 6. The molecule has 0 radical (unpaired) electrons. The van der Waals surface area contributed by atoms with E-state index in [1.165, 1.54) is 10.9 Å². The van der Waals surface area contributed by atoms with Crippen LogP contribution in [0.5, 0.6) is 5.75 Å². The Labute approximate surface area is 203 Å². The molecule has 0 atom stereocenters. The number of phenolic OH excluding ortho intramolecular Hbond substituents is 1. The lowest BCUT2D eigenvalue weighted by Gasteiger charge is -2.04. The van der Waals surface area contributed by atoms with Crippen molar-refractivity contribution in [3.8, 4) is 5.75 Å². The number of aromatic nitrogens is 1. The molecule has 1 aromatic heterocycles. The van der Waals surface area contributed by atoms with Crippen molar-refractivity contribution in [2.24, 2.45) is 5.10 Å². The summed E-state index contributed by atoms with van der Waals surface area (Å²) < 4.78 is 3.53. The highest BCUT2D eigenvalue weighted by Gasteiger charge is 2.08. The van der Waals surface area contributed by atoms with Gasteiger partial charge in [-0.25, -0.2) is 10.4 Å². The van der Waals surface area contributed by atoms with Gasteiger partial charge in [-0.05, 0) is 57.9 Å². The summed E-state index contributed by atoms with van der Waals surface area (Å²) in [7, 11) is 0. The Morgan fingerprint density at radius 1 is 1.16 bits per heavy atom. The molecule has 0 unspecified atom stereocenters. The number of phenols is 1. The predicted octanol–water partition coefficient (Wildman–Crippen LogP) is 6.58. The van der Waals surface area contributed by atoms with E-state index in [2.05, 4.69) is 53.4 Å². The number of carbonyl (C=O) groups is 1. The monoisotopic (exact) mass is 575 g/mol. The van der Waals surface area contributed by atoms with Gasteiger partial charge in [0, 0.05) is 21.4 Å². The number of benzene rings is 3. The van der Waals surface area contributed by atoms with Crippen molar-refractivity contribution < 1.29 is 9.90 Å². The smallest absolute Gasteiger partial charge is 0.271 e. The number of amides is 1. The third kappa shape index (κ3) is 5.54. The molecule has 156 valence electrons. The molecule has 4 aromatic rings. The van der Waals surface area contributed by atoms with Gasteiger partial charge < -0.3 is 5.11 Å². The fraction of sp³-hybridized carbons (Fsp3) is 0.0455. The molecule has 31 heavy (non-hydrogen) atoms. The highest BCUT2D eigenvalue weighted by Crippen LogP contribution is 2.32. The first-order chi connectivity index (χ1) is 15.0. The predicted molar refractivity (Wildman–Crippen MR) is 134 cm³/mol. The first kappa shape index (κ1) is 22.0. The molecule has 0 fully saturated rings. The average Bonchev–Trinajstić information content (AvgIpc) is 3.19. The van der Waals surface area contributed by atoms with E-state index in [1.54, 1.807) is 47.4 Å². The molecule has 0 saturated heterocycles. The van der Waals surface area contributed by atoms with Crippen LogP contribution in [0.4, 0.5) is 0 Å². The van der Waals surface area contributed by atoms with Crippen LogP contribution in [-0.2, 0) is 5.75 Å². The molecule has 4 rings (SSSR count). The van der Waals surface area contributed by atoms with Crippen molar-refractivity contribution in [2.45, 2.75) is 10.1 Å². The van der Waals surface area contributed by atoms with Gasteiger partial charge in [0.25, 0.3) is 5.91 Å². The highest BCUT2D eigenvalue weighted by molar-refractivity contribution is 9.11. The molecular formula is C22H15Br2N3O2S2. The number of nitrogens with zero attached hydrogens (tertiary/aromatic N) is 2. The normalized spacial score (nSPS) is 11.3. The van der Waals surface area contributed by atoms with Gasteiger partial charge in [0.05, 0.1) is 20.9 Å². The number of nitrogens with one attached hydrogen (secondary N) is 1. The molecule has 0 spiro atoms. The molecule has 9 heteroatoms. The molecule has 0 saturated carbocycles. The molecule has 0 aliphatic rings. The summed E-state index contributed by atoms with van der Waals surface area (Å²) in [5.41, 5.74) is 5.59. The van der Waals surface area contributed by atoms with Crippen molar-refractivity contribution in [3.63, 3.8) is 0 Å². The van der Waals surface area contributed by atoms with E-state index in [0.29, 0.717) is 15.6 Å². The van der Waals surface area contributed by atoms with Crippen molar-refractivity contribution in [3.05, 3.63) is 86.3 Å². The van der Waals surface area contributed by atoms with Crippen LogP contribution < -0.4 is 5.43 Å². The number of halogens is 2. The summed E-state index contributed by atoms with van der Waals surface area (Å²) in [4.78, 5) is 17.0. The zero-order chi connectivity index (χ0) is 21.8. The number of para-hydroxylation sites is 1. The molecular weight excluding hydrogens is 562 g/mol. The number of thioether (sulfide) groups is 1. The second-order valence-corrected chi connectivity index (χ2v) is 10.5. The SMILES string of the molecule is O=C(N/N=C/c1cc(Br)cc(Br)c1O)c1ccc(CSc2nc3ccccc3s2)cc1. The van der Waals surface area contributed by atoms with Crippen molar-refractivity contribution in [2.75, 3.05) is 0 Å². The van der Waals surface area contributed by atoms with E-state index in [4.69, 9.17) is 0 Å². The Morgan fingerprint density at radius 2 is 1.94 bits per heavy atom. The molecule has 1 amide bonds. The lowest BCUT2D eigenvalue weighted by Crippen LogP contribution is -2.17. The second-order valence-electron chi connectivity index (χ2n) is 6.46. The van der Waals surface area contributed by atoms with Crippen molar-refractivity contribution >= 4 is 77.3 Å². The maximum Gasteiger partial charge on any atom is 0.271 e. The molecule has 3 aromatic carbocycles. The Balaban J connectivity index is 1.34. The molecule has 5 nitrogen and oxygen atoms in total. The Hall–Kier alpha value is -2.20. The summed E-state index contributed by atoms with van der Waals surface area (Å²) in [5.74, 6) is 0.503. The molecule has 0 bridgehead atoms. The minimum atomic E-state index is -0.324. The third-order valence-corrected chi connectivity index (χ3v) is 7.59. The average molecular weight is 577 g/mol. The third-order valence-electron chi connectivity index (χ3n) is 4.28. The lowest BCUT2D eigenvalue weighted by molar-refractivity contribution is 0.0955. The van der Waals surface area contributed by atoms with Gasteiger partial charge in [-0.2, -0.15) is 5.10 Å². The van der Waals surface area contributed by atoms with E-state index < -0.39 is 0 Å². The first-order valence-corrected chi connectivity index (χ1v) is 12.5. The zero-order valence-electron chi connectivity index (χ0n) is 15.9. The van der Waals surface area contributed by atoms with E-state index in [0.717, 1.165) is 25.6 Å². The van der Waals surface area contributed by atoms with Gasteiger partial charge in [-0.1, -0.05) is 52.0 Å². The fourth-order valence-corrected chi connectivity index (χ4v) is 6.00. The number of aromatic hydroxyl groups is 1. The minimum Gasteiger partial charge on any atom is -0.506 e. The summed E-state index contributed by atoms with van der Waals surface area (Å²) in [6.07, 6.45) is 1.39. The van der Waals surface area contributed by atoms with Gasteiger partial charge in [0.1, 0.15) is 5.75 Å². The topological polar surface area (TPSA) is 74.6 Å². The maximum atomic E-state index is 12.3. The van der Waals surface area contributed by atoms with Gasteiger partial charge >= 0.3 is 0 Å². The molecule has 0 aliphatic carbocycles. The summed E-state index contributed by atoms with van der Waals surface area (Å²) in [6, 6.07) is 18.9. The van der Waals surface area contributed by atoms with E-state index in [9.17, 15) is 9.90 Å². The van der Waals surface area contributed by atoms with E-state index >= 15 is 0 Å². The minimum absolute atomic E-state index is 0.0520. The van der Waals surface area contributed by atoms with Crippen LogP contribution in [0.25, 0.3) is 10.2 Å². The van der Waals surface area contributed by atoms with Crippen LogP contribution in [0, 0.1) is 0 Å². The molecule has 0 aliphatic heterocycles. The fourth-order valence-electron chi connectivity index (χ4n) is 2.72. The van der Waals surface area contributed by atoms with Gasteiger partial charge in [0.15, 0.2) is 4.34 Å². The number of hydrazone groups is 1. The number of thiazole rings is 1. The summed E-state index contributed by atoms with van der Waals surface area (Å²) in [6.45, 7) is 0. The molecule has 2 N–H and O–H groups in total. The lowest BCUT2D eigenvalue weighted by atomic mass is 10.1. The maximum absolute atomic E-state index is 12.3. The van der Waals surface area contributed by atoms with Crippen LogP contribution in [0.1, 0.15) is 21.5 Å². The Bertz CT molecular complexity index is 1240. The standard InChI is InChI=1S/C22H15Br2N3O2S2/c23-16-9-15(20(28)17(24)10-16)11-25-27-21(29)14-7-5-13(6-8-14)12-30-22-26-18-3-1-2-4-19(18)31-22/h1-11,28H,12H2,(H,27,29)/b25-11+. The van der Waals surface area contributed by atoms with Gasteiger partial charge in [0.2, 0.25) is 0 Å². The van der Waals surface area contributed by atoms with Gasteiger partial charge in [-0.15, -0.1) is 11.3 Å². The van der Waals surface area contributed by atoms with Crippen LogP contribution in [0.15, 0.2) is 79.1 Å². The van der Waals surface area contributed by atoms with Crippen LogP contribution in [0.2, 0.25) is 0 Å². The number of carbonyl (C=O) groups excluding carboxylic acids is 1. The summed E-state index contributed by atoms with van der Waals surface area (Å²) >= 11 is 9.98. The molecule has 1 heterocycles. The van der Waals surface area contributed by atoms with Crippen LogP contribution in [-0.4, -0.2) is 22.2 Å². The van der Waals surface area contributed by atoms with Gasteiger partial charge in [-0.3, -0.25) is 4.79 Å². The number of fused-ring (bicyclic) bond motifs is 1. The Morgan fingerprint density at radius 3 is 2.71 bits per heavy atom.